The Morgan fingerprint density at radius 3 is 2.02 bits per heavy atom. The molecule has 1 aromatic heterocycles. The van der Waals surface area contributed by atoms with Gasteiger partial charge < -0.3 is 5.11 Å². The minimum atomic E-state index is 0. The van der Waals surface area contributed by atoms with E-state index in [9.17, 15) is 9.90 Å². The number of aliphatic hydroxyl groups is 1. The van der Waals surface area contributed by atoms with E-state index in [1.165, 1.54) is 51.2 Å². The van der Waals surface area contributed by atoms with Gasteiger partial charge in [-0.2, -0.15) is 0 Å². The van der Waals surface area contributed by atoms with Gasteiger partial charge in [-0.15, -0.1) is 0 Å². The third-order valence-corrected chi connectivity index (χ3v) is 14.2. The fourth-order valence-electron chi connectivity index (χ4n) is 6.51. The Balaban J connectivity index is 0.000000234. The Kier molecular flexibility index (Phi) is 12.2. The van der Waals surface area contributed by atoms with Gasteiger partial charge in [0.05, 0.1) is 5.76 Å². The molecule has 1 N–H and O–H groups in total. The van der Waals surface area contributed by atoms with Crippen LogP contribution in [0.1, 0.15) is 53.4 Å². The maximum absolute atomic E-state index is 11.7. The normalized spacial score (nSPS) is 12.9. The molecule has 0 bridgehead atoms. The number of pyridine rings is 1. The van der Waals surface area contributed by atoms with Crippen LogP contribution < -0.4 is 34.2 Å². The van der Waals surface area contributed by atoms with Gasteiger partial charge in [-0.3, -0.25) is 4.79 Å². The summed E-state index contributed by atoms with van der Waals surface area (Å²) in [5.74, 6) is 0.547. The zero-order valence-corrected chi connectivity index (χ0v) is 33.1. The minimum absolute atomic E-state index is 0. The number of hydrogen-bond donors (Lipinski definition) is 1. The van der Waals surface area contributed by atoms with Crippen LogP contribution >= 0.6 is 0 Å². The third kappa shape index (κ3) is 7.32. The predicted molar refractivity (Wildman–Crippen MR) is 197 cm³/mol. The van der Waals surface area contributed by atoms with Crippen LogP contribution in [0, 0.1) is 17.9 Å². The van der Waals surface area contributed by atoms with Gasteiger partial charge in [0.25, 0.3) is 0 Å². The Hall–Kier alpha value is -2.75. The summed E-state index contributed by atoms with van der Waals surface area (Å²) in [4.78, 5) is 16.6. The van der Waals surface area contributed by atoms with Crippen molar-refractivity contribution >= 4 is 87.4 Å². The average Bonchev–Trinajstić information content (AvgIpc) is 3.09. The van der Waals surface area contributed by atoms with Crippen molar-refractivity contribution in [2.24, 2.45) is 11.8 Å². The Morgan fingerprint density at radius 2 is 1.38 bits per heavy atom. The van der Waals surface area contributed by atoms with Crippen molar-refractivity contribution in [2.45, 2.75) is 53.4 Å². The predicted octanol–water partition coefficient (Wildman–Crippen LogP) is 4.02. The van der Waals surface area contributed by atoms with E-state index in [0.717, 1.165) is 31.4 Å². The van der Waals surface area contributed by atoms with Crippen LogP contribution in [0.15, 0.2) is 103 Å². The molecule has 4 aromatic carbocycles. The number of aromatic nitrogens is 1. The number of benzene rings is 4. The number of allylic oxidation sites excluding steroid dienone is 2. The van der Waals surface area contributed by atoms with Gasteiger partial charge in [-0.1, -0.05) is 27.7 Å². The summed E-state index contributed by atoms with van der Waals surface area (Å²) >= 11 is 0.575. The first-order valence-corrected chi connectivity index (χ1v) is 19.8. The second-order valence-corrected chi connectivity index (χ2v) is 16.4. The van der Waals surface area contributed by atoms with E-state index in [1.807, 2.05) is 33.9 Å². The molecule has 47 heavy (non-hydrogen) atoms. The van der Waals surface area contributed by atoms with E-state index in [0.29, 0.717) is 21.7 Å². The van der Waals surface area contributed by atoms with E-state index in [4.69, 9.17) is 4.98 Å². The zero-order valence-electron chi connectivity index (χ0n) is 27.3. The van der Waals surface area contributed by atoms with Gasteiger partial charge in [0.1, 0.15) is 0 Å². The molecule has 0 fully saturated rings. The SMILES string of the molecule is CCC(CC)C(=O)/C=C(\O)C(CC)CC.[Ir].[c-]1cc2c3c(c1-c1cc4ccccc4cn1)[Se]c1ccccc1B3c1ccccc1[Se]2. The first kappa shape index (κ1) is 35.6. The average molecular weight is 927 g/mol. The summed E-state index contributed by atoms with van der Waals surface area (Å²) in [6.07, 6.45) is 6.91. The van der Waals surface area contributed by atoms with Crippen molar-refractivity contribution in [3.05, 3.63) is 109 Å². The molecule has 0 amide bonds. The van der Waals surface area contributed by atoms with E-state index in [-0.39, 0.29) is 58.4 Å². The maximum atomic E-state index is 11.7. The topological polar surface area (TPSA) is 50.2 Å². The van der Waals surface area contributed by atoms with E-state index >= 15 is 0 Å². The van der Waals surface area contributed by atoms with E-state index in [2.05, 4.69) is 91.0 Å². The summed E-state index contributed by atoms with van der Waals surface area (Å²) in [6, 6.07) is 34.7. The van der Waals surface area contributed by atoms with Crippen molar-refractivity contribution in [3.8, 4) is 11.3 Å². The fourth-order valence-corrected chi connectivity index (χ4v) is 11.9. The summed E-state index contributed by atoms with van der Waals surface area (Å²) < 4.78 is 5.97. The van der Waals surface area contributed by atoms with Gasteiger partial charge in [-0.05, 0) is 25.7 Å². The standard InChI is InChI=1S/C27H15BNSe2.C13H24O2.Ir/c1-2-8-18-16-29-22(15-17(18)7-1)19-13-14-25-26-27(19)31-24-12-6-4-10-21(24)28(26)20-9-3-5-11-23(20)30-25;1-5-10(6-2)12(14)9-13(15)11(7-3)8-4;/h1-12,14-16H;9-11,14H,5-8H2,1-4H3;/q-1;;/b;12-9-;. The number of hydrogen-bond acceptors (Lipinski definition) is 3. The Morgan fingerprint density at radius 1 is 0.809 bits per heavy atom. The van der Waals surface area contributed by atoms with Crippen LogP contribution in [0.3, 0.4) is 0 Å². The summed E-state index contributed by atoms with van der Waals surface area (Å²) in [7, 11) is 0. The van der Waals surface area contributed by atoms with Crippen molar-refractivity contribution in [1.29, 1.82) is 0 Å². The van der Waals surface area contributed by atoms with Gasteiger partial charge in [-0.25, -0.2) is 0 Å². The molecule has 0 spiro atoms. The third-order valence-electron chi connectivity index (χ3n) is 9.23. The summed E-state index contributed by atoms with van der Waals surface area (Å²) in [5.41, 5.74) is 6.76. The molecule has 5 aromatic rings. The molecule has 7 heteroatoms. The quantitative estimate of drug-likeness (QED) is 0.109. The molecule has 1 radical (unpaired) electrons. The number of rotatable bonds is 8. The molecule has 2 aliphatic rings. The van der Waals surface area contributed by atoms with Crippen molar-refractivity contribution in [2.75, 3.05) is 0 Å². The van der Waals surface area contributed by atoms with Crippen molar-refractivity contribution in [3.63, 3.8) is 0 Å². The molecular formula is C40H39BIrNO2Se2-. The molecule has 2 aliphatic heterocycles. The molecule has 3 nitrogen and oxygen atoms in total. The van der Waals surface area contributed by atoms with Crippen LogP contribution in [0.2, 0.25) is 0 Å². The monoisotopic (exact) mass is 929 g/mol. The molecule has 0 atom stereocenters. The number of aliphatic hydroxyl groups excluding tert-OH is 1. The van der Waals surface area contributed by atoms with Gasteiger partial charge in [0, 0.05) is 38.0 Å². The molecule has 241 valence electrons. The molecule has 0 aliphatic carbocycles. The zero-order chi connectivity index (χ0) is 32.2. The van der Waals surface area contributed by atoms with Crippen LogP contribution in [0.25, 0.3) is 22.0 Å². The summed E-state index contributed by atoms with van der Waals surface area (Å²) in [5, 5.41) is 12.2. The number of nitrogens with zero attached hydrogens (tertiary/aromatic N) is 1. The van der Waals surface area contributed by atoms with E-state index < -0.39 is 0 Å². The van der Waals surface area contributed by atoms with Gasteiger partial charge >= 0.3 is 195 Å². The van der Waals surface area contributed by atoms with Crippen molar-refractivity contribution < 1.29 is 30.0 Å². The molecule has 0 unspecified atom stereocenters. The number of fused-ring (bicyclic) bond motifs is 5. The second-order valence-electron chi connectivity index (χ2n) is 11.9. The van der Waals surface area contributed by atoms with Crippen LogP contribution in [-0.2, 0) is 24.9 Å². The van der Waals surface area contributed by atoms with Crippen LogP contribution in [-0.4, -0.2) is 52.5 Å². The fraction of sp³-hybridized carbons (Fsp3) is 0.250. The second kappa shape index (κ2) is 16.1. The molecule has 3 heterocycles. The molecule has 7 rings (SSSR count). The summed E-state index contributed by atoms with van der Waals surface area (Å²) in [6.45, 7) is 8.40. The molecule has 0 saturated carbocycles. The molecular weight excluding hydrogens is 887 g/mol. The first-order chi connectivity index (χ1) is 22.5. The van der Waals surface area contributed by atoms with Crippen LogP contribution in [0.4, 0.5) is 0 Å². The van der Waals surface area contributed by atoms with Gasteiger partial charge in [0.2, 0.25) is 0 Å². The Labute approximate surface area is 305 Å². The van der Waals surface area contributed by atoms with Crippen molar-refractivity contribution in [1.82, 2.24) is 4.98 Å². The number of carbonyl (C=O) groups is 1. The molecule has 0 saturated heterocycles. The van der Waals surface area contributed by atoms with Gasteiger partial charge in [0.15, 0.2) is 5.78 Å². The number of carbonyl (C=O) groups excluding carboxylic acids is 1. The Bertz CT molecular complexity index is 1910. The van der Waals surface area contributed by atoms with Crippen LogP contribution in [0.5, 0.6) is 0 Å². The van der Waals surface area contributed by atoms with E-state index in [1.54, 1.807) is 5.46 Å². The number of ketones is 1. The first-order valence-electron chi connectivity index (χ1n) is 16.4.